The van der Waals surface area contributed by atoms with E-state index in [1.54, 1.807) is 24.3 Å². The lowest BCUT2D eigenvalue weighted by molar-refractivity contribution is -0.384. The summed E-state index contributed by atoms with van der Waals surface area (Å²) in [5, 5.41) is 10.4. The molecule has 8 nitrogen and oxygen atoms in total. The van der Waals surface area contributed by atoms with Crippen LogP contribution in [0.4, 0.5) is 10.5 Å². The first kappa shape index (κ1) is 23.1. The lowest BCUT2D eigenvalue weighted by Gasteiger charge is -2.12. The Morgan fingerprint density at radius 2 is 1.71 bits per heavy atom. The van der Waals surface area contributed by atoms with Crippen LogP contribution in [-0.4, -0.2) is 28.1 Å². The van der Waals surface area contributed by atoms with Crippen molar-refractivity contribution in [1.29, 1.82) is 0 Å². The predicted octanol–water partition coefficient (Wildman–Crippen LogP) is 5.42. The van der Waals surface area contributed by atoms with Gasteiger partial charge in [0.1, 0.15) is 6.61 Å². The largest absolute Gasteiger partial charge is 0.493 e. The van der Waals surface area contributed by atoms with Crippen LogP contribution in [0.15, 0.2) is 77.7 Å². The summed E-state index contributed by atoms with van der Waals surface area (Å²) in [6, 6.07) is 20.8. The summed E-state index contributed by atoms with van der Waals surface area (Å²) < 4.78 is 11.3. The number of non-ortho nitro benzene ring substituents is 1. The molecule has 2 amide bonds. The van der Waals surface area contributed by atoms with Crippen LogP contribution in [0.3, 0.4) is 0 Å². The number of rotatable bonds is 8. The van der Waals surface area contributed by atoms with Gasteiger partial charge in [-0.1, -0.05) is 48.5 Å². The Kier molecular flexibility index (Phi) is 6.93. The standard InChI is InChI=1S/C25H20N2O6S/c1-32-22-13-19(9-12-21(22)33-16-18-5-3-2-4-6-18)14-23-24(28)26(25(29)34-23)15-17-7-10-20(11-8-17)27(30)31/h2-14H,15-16H2,1H3/b23-14-. The molecule has 4 rings (SSSR count). The molecule has 0 spiro atoms. The quantitative estimate of drug-likeness (QED) is 0.243. The van der Waals surface area contributed by atoms with Crippen molar-refractivity contribution in [2.24, 2.45) is 0 Å². The molecule has 34 heavy (non-hydrogen) atoms. The molecule has 1 heterocycles. The van der Waals surface area contributed by atoms with E-state index in [2.05, 4.69) is 0 Å². The van der Waals surface area contributed by atoms with Crippen LogP contribution in [0.25, 0.3) is 6.08 Å². The average molecular weight is 477 g/mol. The van der Waals surface area contributed by atoms with Crippen LogP contribution in [-0.2, 0) is 17.9 Å². The van der Waals surface area contributed by atoms with Crippen LogP contribution in [0.2, 0.25) is 0 Å². The summed E-state index contributed by atoms with van der Waals surface area (Å²) in [6.07, 6.45) is 1.63. The van der Waals surface area contributed by atoms with Gasteiger partial charge < -0.3 is 9.47 Å². The Labute approximate surface area is 199 Å². The number of hydrogen-bond acceptors (Lipinski definition) is 7. The number of methoxy groups -OCH3 is 1. The smallest absolute Gasteiger partial charge is 0.293 e. The molecule has 0 bridgehead atoms. The molecule has 0 unspecified atom stereocenters. The highest BCUT2D eigenvalue weighted by Gasteiger charge is 2.35. The van der Waals surface area contributed by atoms with Crippen LogP contribution < -0.4 is 9.47 Å². The van der Waals surface area contributed by atoms with E-state index in [9.17, 15) is 19.7 Å². The Hall–Kier alpha value is -4.11. The summed E-state index contributed by atoms with van der Waals surface area (Å²) in [7, 11) is 1.53. The van der Waals surface area contributed by atoms with Gasteiger partial charge in [0.05, 0.1) is 23.5 Å². The molecule has 0 saturated carbocycles. The fourth-order valence-electron chi connectivity index (χ4n) is 3.32. The Balaban J connectivity index is 1.47. The number of imide groups is 1. The first-order valence-corrected chi connectivity index (χ1v) is 11.1. The summed E-state index contributed by atoms with van der Waals surface area (Å²) in [5.74, 6) is 0.654. The van der Waals surface area contributed by atoms with Gasteiger partial charge in [0.2, 0.25) is 0 Å². The Bertz CT molecular complexity index is 1260. The van der Waals surface area contributed by atoms with E-state index in [0.29, 0.717) is 29.2 Å². The van der Waals surface area contributed by atoms with Crippen LogP contribution in [0.1, 0.15) is 16.7 Å². The monoisotopic (exact) mass is 476 g/mol. The number of amides is 2. The first-order valence-electron chi connectivity index (χ1n) is 10.3. The van der Waals surface area contributed by atoms with E-state index >= 15 is 0 Å². The second-order valence-electron chi connectivity index (χ2n) is 7.38. The number of carbonyl (C=O) groups excluding carboxylic acids is 2. The fourth-order valence-corrected chi connectivity index (χ4v) is 4.16. The van der Waals surface area contributed by atoms with Crippen molar-refractivity contribution in [1.82, 2.24) is 4.90 Å². The summed E-state index contributed by atoms with van der Waals surface area (Å²) in [6.45, 7) is 0.424. The third-order valence-corrected chi connectivity index (χ3v) is 5.99. The van der Waals surface area contributed by atoms with Gasteiger partial charge in [0, 0.05) is 12.1 Å². The molecule has 3 aromatic rings. The van der Waals surface area contributed by atoms with Crippen molar-refractivity contribution in [3.63, 3.8) is 0 Å². The highest BCUT2D eigenvalue weighted by molar-refractivity contribution is 8.18. The van der Waals surface area contributed by atoms with Crippen molar-refractivity contribution < 1.29 is 24.0 Å². The van der Waals surface area contributed by atoms with Crippen LogP contribution >= 0.6 is 11.8 Å². The minimum atomic E-state index is -0.501. The van der Waals surface area contributed by atoms with Crippen molar-refractivity contribution in [2.45, 2.75) is 13.2 Å². The van der Waals surface area contributed by atoms with Crippen molar-refractivity contribution >= 4 is 34.7 Å². The molecule has 1 aliphatic rings. The molecule has 0 aromatic heterocycles. The normalized spacial score (nSPS) is 14.5. The summed E-state index contributed by atoms with van der Waals surface area (Å²) in [4.78, 5) is 37.0. The molecule has 0 N–H and O–H groups in total. The van der Waals surface area contributed by atoms with E-state index in [4.69, 9.17) is 9.47 Å². The second-order valence-corrected chi connectivity index (χ2v) is 8.37. The highest BCUT2D eigenvalue weighted by atomic mass is 32.2. The molecule has 172 valence electrons. The van der Waals surface area contributed by atoms with Gasteiger partial charge in [-0.15, -0.1) is 0 Å². The third-order valence-electron chi connectivity index (χ3n) is 5.08. The number of thioether (sulfide) groups is 1. The molecule has 0 atom stereocenters. The molecule has 1 fully saturated rings. The summed E-state index contributed by atoms with van der Waals surface area (Å²) in [5.41, 5.74) is 2.28. The van der Waals surface area contributed by atoms with Gasteiger partial charge in [-0.25, -0.2) is 0 Å². The van der Waals surface area contributed by atoms with E-state index in [0.717, 1.165) is 22.2 Å². The lowest BCUT2D eigenvalue weighted by atomic mass is 10.1. The van der Waals surface area contributed by atoms with Crippen molar-refractivity contribution in [3.05, 3.63) is 105 Å². The molecule has 9 heteroatoms. The zero-order valence-corrected chi connectivity index (χ0v) is 19.0. The molecular formula is C25H20N2O6S. The van der Waals surface area contributed by atoms with Gasteiger partial charge in [-0.3, -0.25) is 24.6 Å². The third kappa shape index (κ3) is 5.26. The maximum atomic E-state index is 12.8. The number of benzene rings is 3. The van der Waals surface area contributed by atoms with Gasteiger partial charge in [0.25, 0.3) is 16.8 Å². The molecule has 1 aliphatic heterocycles. The molecule has 1 saturated heterocycles. The molecule has 0 aliphatic carbocycles. The zero-order valence-electron chi connectivity index (χ0n) is 18.2. The average Bonchev–Trinajstić information content (AvgIpc) is 3.11. The fraction of sp³-hybridized carbons (Fsp3) is 0.120. The van der Waals surface area contributed by atoms with Crippen molar-refractivity contribution in [3.8, 4) is 11.5 Å². The number of ether oxygens (including phenoxy) is 2. The SMILES string of the molecule is COc1cc(/C=C2\SC(=O)N(Cc3ccc([N+](=O)[O-])cc3)C2=O)ccc1OCc1ccccc1. The lowest BCUT2D eigenvalue weighted by Crippen LogP contribution is -2.27. The number of hydrogen-bond donors (Lipinski definition) is 0. The van der Waals surface area contributed by atoms with E-state index in [1.807, 2.05) is 30.3 Å². The number of nitro benzene ring substituents is 1. The molecule has 0 radical (unpaired) electrons. The Morgan fingerprint density at radius 1 is 0.971 bits per heavy atom. The number of nitrogens with zero attached hydrogens (tertiary/aromatic N) is 2. The minimum absolute atomic E-state index is 0.0373. The summed E-state index contributed by atoms with van der Waals surface area (Å²) >= 11 is 0.847. The Morgan fingerprint density at radius 3 is 2.38 bits per heavy atom. The predicted molar refractivity (Wildman–Crippen MR) is 128 cm³/mol. The van der Waals surface area contributed by atoms with Gasteiger partial charge >= 0.3 is 0 Å². The van der Waals surface area contributed by atoms with Crippen LogP contribution in [0.5, 0.6) is 11.5 Å². The molecule has 3 aromatic carbocycles. The first-order chi connectivity index (χ1) is 16.4. The van der Waals surface area contributed by atoms with Crippen LogP contribution in [0, 0.1) is 10.1 Å². The van der Waals surface area contributed by atoms with Gasteiger partial charge in [-0.2, -0.15) is 0 Å². The second kappa shape index (κ2) is 10.2. The van der Waals surface area contributed by atoms with Gasteiger partial charge in [0.15, 0.2) is 11.5 Å². The zero-order chi connectivity index (χ0) is 24.1. The highest BCUT2D eigenvalue weighted by Crippen LogP contribution is 2.35. The van der Waals surface area contributed by atoms with E-state index in [1.165, 1.54) is 31.4 Å². The van der Waals surface area contributed by atoms with E-state index < -0.39 is 16.1 Å². The number of carbonyl (C=O) groups is 2. The number of nitro groups is 1. The van der Waals surface area contributed by atoms with Crippen molar-refractivity contribution in [2.75, 3.05) is 7.11 Å². The topological polar surface area (TPSA) is 99.0 Å². The molecular weight excluding hydrogens is 456 g/mol. The maximum Gasteiger partial charge on any atom is 0.293 e. The minimum Gasteiger partial charge on any atom is -0.493 e. The maximum absolute atomic E-state index is 12.8. The van der Waals surface area contributed by atoms with E-state index in [-0.39, 0.29) is 17.1 Å². The van der Waals surface area contributed by atoms with Gasteiger partial charge in [-0.05, 0) is 46.7 Å².